The van der Waals surface area contributed by atoms with E-state index < -0.39 is 5.54 Å². The molecule has 6 nitrogen and oxygen atoms in total. The molecule has 2 heterocycles. The third-order valence-corrected chi connectivity index (χ3v) is 3.38. The number of unbranched alkanes of at least 4 members (excludes halogenated alkanes) is 1. The Balaban J connectivity index is 1.90. The molecule has 3 amide bonds. The fraction of sp³-hybridized carbons (Fsp3) is 0.818. The summed E-state index contributed by atoms with van der Waals surface area (Å²) in [7, 11) is 1.65. The number of hydrogen-bond donors (Lipinski definition) is 2. The van der Waals surface area contributed by atoms with Gasteiger partial charge in [0.05, 0.1) is 0 Å². The maximum atomic E-state index is 12.2. The van der Waals surface area contributed by atoms with Crippen LogP contribution in [0.25, 0.3) is 0 Å². The Hall–Kier alpha value is -1.14. The highest BCUT2D eigenvalue weighted by atomic mass is 16.5. The molecule has 17 heavy (non-hydrogen) atoms. The zero-order valence-corrected chi connectivity index (χ0v) is 10.1. The van der Waals surface area contributed by atoms with Crippen LogP contribution >= 0.6 is 0 Å². The standard InChI is InChI=1S/C11H19N3O3/c1-17-7-3-2-6-14-9(15)11(13-10(14)16)4-5-12-8-11/h12H,2-8H2,1H3,(H,13,16). The lowest BCUT2D eigenvalue weighted by Crippen LogP contribution is -2.48. The lowest BCUT2D eigenvalue weighted by atomic mass is 9.99. The summed E-state index contributed by atoms with van der Waals surface area (Å²) in [4.78, 5) is 25.3. The van der Waals surface area contributed by atoms with Gasteiger partial charge in [-0.1, -0.05) is 0 Å². The number of hydrogen-bond acceptors (Lipinski definition) is 4. The summed E-state index contributed by atoms with van der Waals surface area (Å²) >= 11 is 0. The molecule has 2 aliphatic heterocycles. The number of nitrogens with one attached hydrogen (secondary N) is 2. The first-order valence-corrected chi connectivity index (χ1v) is 6.03. The lowest BCUT2D eigenvalue weighted by Gasteiger charge is -2.19. The summed E-state index contributed by atoms with van der Waals surface area (Å²) in [5.41, 5.74) is -0.668. The number of rotatable bonds is 5. The second-order valence-electron chi connectivity index (χ2n) is 4.60. The van der Waals surface area contributed by atoms with Gasteiger partial charge < -0.3 is 15.4 Å². The molecular weight excluding hydrogens is 222 g/mol. The molecule has 2 aliphatic rings. The fourth-order valence-corrected chi connectivity index (χ4v) is 2.38. The van der Waals surface area contributed by atoms with Gasteiger partial charge in [-0.25, -0.2) is 4.79 Å². The van der Waals surface area contributed by atoms with Crippen LogP contribution in [0, 0.1) is 0 Å². The average Bonchev–Trinajstić information content (AvgIpc) is 2.85. The van der Waals surface area contributed by atoms with Crippen molar-refractivity contribution in [2.75, 3.05) is 33.4 Å². The van der Waals surface area contributed by atoms with Crippen LogP contribution in [0.1, 0.15) is 19.3 Å². The van der Waals surface area contributed by atoms with Crippen molar-refractivity contribution in [3.8, 4) is 0 Å². The highest BCUT2D eigenvalue weighted by Crippen LogP contribution is 2.24. The van der Waals surface area contributed by atoms with E-state index in [0.717, 1.165) is 19.4 Å². The molecule has 1 atom stereocenters. The molecule has 2 rings (SSSR count). The van der Waals surface area contributed by atoms with Crippen LogP contribution in [-0.2, 0) is 9.53 Å². The molecule has 2 N–H and O–H groups in total. The van der Waals surface area contributed by atoms with Crippen molar-refractivity contribution >= 4 is 11.9 Å². The molecule has 2 fully saturated rings. The SMILES string of the molecule is COCCCCN1C(=O)NC2(CCNC2)C1=O. The van der Waals surface area contributed by atoms with Gasteiger partial charge in [-0.15, -0.1) is 0 Å². The predicted molar refractivity (Wildman–Crippen MR) is 61.6 cm³/mol. The van der Waals surface area contributed by atoms with Crippen LogP contribution in [-0.4, -0.2) is 55.7 Å². The summed E-state index contributed by atoms with van der Waals surface area (Å²) < 4.78 is 4.94. The van der Waals surface area contributed by atoms with Crippen molar-refractivity contribution in [2.24, 2.45) is 0 Å². The first-order valence-electron chi connectivity index (χ1n) is 6.03. The van der Waals surface area contributed by atoms with Crippen LogP contribution in [0.5, 0.6) is 0 Å². The van der Waals surface area contributed by atoms with Gasteiger partial charge in [-0.3, -0.25) is 9.69 Å². The molecule has 0 aromatic rings. The molecule has 0 aromatic heterocycles. The van der Waals surface area contributed by atoms with E-state index in [-0.39, 0.29) is 11.9 Å². The van der Waals surface area contributed by atoms with E-state index in [0.29, 0.717) is 26.1 Å². The van der Waals surface area contributed by atoms with Crippen molar-refractivity contribution in [3.63, 3.8) is 0 Å². The van der Waals surface area contributed by atoms with Crippen molar-refractivity contribution in [1.82, 2.24) is 15.5 Å². The second-order valence-corrected chi connectivity index (χ2v) is 4.60. The molecule has 2 saturated heterocycles. The molecule has 1 spiro atoms. The van der Waals surface area contributed by atoms with Gasteiger partial charge >= 0.3 is 6.03 Å². The van der Waals surface area contributed by atoms with E-state index in [1.165, 1.54) is 4.90 Å². The number of nitrogens with zero attached hydrogens (tertiary/aromatic N) is 1. The van der Waals surface area contributed by atoms with E-state index in [1.807, 2.05) is 0 Å². The third kappa shape index (κ3) is 2.28. The highest BCUT2D eigenvalue weighted by Gasteiger charge is 2.52. The molecule has 0 saturated carbocycles. The first kappa shape index (κ1) is 12.3. The van der Waals surface area contributed by atoms with Crippen molar-refractivity contribution in [3.05, 3.63) is 0 Å². The lowest BCUT2D eigenvalue weighted by molar-refractivity contribution is -0.130. The highest BCUT2D eigenvalue weighted by molar-refractivity contribution is 6.07. The molecule has 0 aromatic carbocycles. The minimum atomic E-state index is -0.668. The Morgan fingerprint density at radius 2 is 2.24 bits per heavy atom. The summed E-state index contributed by atoms with van der Waals surface area (Å²) in [6.07, 6.45) is 2.33. The van der Waals surface area contributed by atoms with Gasteiger partial charge in [0.1, 0.15) is 5.54 Å². The maximum absolute atomic E-state index is 12.2. The molecule has 0 aliphatic carbocycles. The number of amides is 3. The summed E-state index contributed by atoms with van der Waals surface area (Å²) in [6.45, 7) is 2.47. The number of methoxy groups -OCH3 is 1. The van der Waals surface area contributed by atoms with E-state index in [1.54, 1.807) is 7.11 Å². The zero-order valence-electron chi connectivity index (χ0n) is 10.1. The largest absolute Gasteiger partial charge is 0.385 e. The van der Waals surface area contributed by atoms with Gasteiger partial charge in [0, 0.05) is 26.8 Å². The van der Waals surface area contributed by atoms with Gasteiger partial charge in [0.2, 0.25) is 0 Å². The second kappa shape index (κ2) is 5.01. The van der Waals surface area contributed by atoms with Gasteiger partial charge in [-0.2, -0.15) is 0 Å². The predicted octanol–water partition coefficient (Wildman–Crippen LogP) is -0.303. The van der Waals surface area contributed by atoms with Crippen LogP contribution in [0.15, 0.2) is 0 Å². The Bertz CT molecular complexity index is 313. The topological polar surface area (TPSA) is 70.7 Å². The Morgan fingerprint density at radius 3 is 2.88 bits per heavy atom. The van der Waals surface area contributed by atoms with Gasteiger partial charge in [0.25, 0.3) is 5.91 Å². The van der Waals surface area contributed by atoms with E-state index in [4.69, 9.17) is 4.74 Å². The van der Waals surface area contributed by atoms with Gasteiger partial charge in [-0.05, 0) is 25.8 Å². The van der Waals surface area contributed by atoms with Crippen LogP contribution < -0.4 is 10.6 Å². The number of imide groups is 1. The molecule has 96 valence electrons. The fourth-order valence-electron chi connectivity index (χ4n) is 2.38. The monoisotopic (exact) mass is 241 g/mol. The summed E-state index contributed by atoms with van der Waals surface area (Å²) in [5, 5.41) is 5.93. The maximum Gasteiger partial charge on any atom is 0.325 e. The van der Waals surface area contributed by atoms with Crippen LogP contribution in [0.3, 0.4) is 0 Å². The van der Waals surface area contributed by atoms with E-state index in [9.17, 15) is 9.59 Å². The molecule has 0 bridgehead atoms. The number of ether oxygens (including phenoxy) is 1. The number of urea groups is 1. The van der Waals surface area contributed by atoms with Crippen molar-refractivity contribution in [2.45, 2.75) is 24.8 Å². The number of carbonyl (C=O) groups excluding carboxylic acids is 2. The van der Waals surface area contributed by atoms with Crippen molar-refractivity contribution in [1.29, 1.82) is 0 Å². The average molecular weight is 241 g/mol. The molecule has 6 heteroatoms. The van der Waals surface area contributed by atoms with Crippen molar-refractivity contribution < 1.29 is 14.3 Å². The Morgan fingerprint density at radius 1 is 1.41 bits per heavy atom. The third-order valence-electron chi connectivity index (χ3n) is 3.38. The first-order chi connectivity index (χ1) is 8.19. The van der Waals surface area contributed by atoms with Gasteiger partial charge in [0.15, 0.2) is 0 Å². The summed E-state index contributed by atoms with van der Waals surface area (Å²) in [5.74, 6) is -0.0788. The van der Waals surface area contributed by atoms with Crippen LogP contribution in [0.2, 0.25) is 0 Å². The van der Waals surface area contributed by atoms with E-state index >= 15 is 0 Å². The normalized spacial score (nSPS) is 28.2. The number of carbonyl (C=O) groups is 2. The summed E-state index contributed by atoms with van der Waals surface area (Å²) in [6, 6.07) is -0.254. The molecular formula is C11H19N3O3. The van der Waals surface area contributed by atoms with Crippen LogP contribution in [0.4, 0.5) is 4.79 Å². The smallest absolute Gasteiger partial charge is 0.325 e. The Labute approximate surface area is 101 Å². The minimum absolute atomic E-state index is 0.0788. The quantitative estimate of drug-likeness (QED) is 0.512. The molecule has 1 unspecified atom stereocenters. The zero-order chi connectivity index (χ0) is 12.3. The Kier molecular flexibility index (Phi) is 3.63. The minimum Gasteiger partial charge on any atom is -0.385 e. The van der Waals surface area contributed by atoms with E-state index in [2.05, 4.69) is 10.6 Å². The molecule has 0 radical (unpaired) electrons.